The Bertz CT molecular complexity index is 723. The van der Waals surface area contributed by atoms with Gasteiger partial charge in [-0.15, -0.1) is 0 Å². The number of fused-ring (bicyclic) bond motifs is 1. The van der Waals surface area contributed by atoms with Crippen molar-refractivity contribution in [3.05, 3.63) is 47.3 Å². The average Bonchev–Trinajstić information content (AvgIpc) is 3.03. The predicted molar refractivity (Wildman–Crippen MR) is 74.9 cm³/mol. The van der Waals surface area contributed by atoms with Crippen molar-refractivity contribution in [1.29, 1.82) is 0 Å². The topological polar surface area (TPSA) is 87.5 Å². The Hall–Kier alpha value is -2.83. The molecule has 0 radical (unpaired) electrons. The van der Waals surface area contributed by atoms with E-state index in [2.05, 4.69) is 10.4 Å². The lowest BCUT2D eigenvalue weighted by atomic mass is 10.1. The maximum Gasteiger partial charge on any atom is 0.335 e. The first-order valence-corrected chi connectivity index (χ1v) is 6.42. The molecule has 1 aromatic carbocycles. The van der Waals surface area contributed by atoms with E-state index in [0.29, 0.717) is 18.8 Å². The Morgan fingerprint density at radius 1 is 1.29 bits per heavy atom. The third-order valence-corrected chi connectivity index (χ3v) is 3.42. The van der Waals surface area contributed by atoms with Crippen LogP contribution in [-0.2, 0) is 20.1 Å². The number of urea groups is 1. The number of rotatable bonds is 2. The molecule has 7 nitrogen and oxygen atoms in total. The van der Waals surface area contributed by atoms with Crippen LogP contribution >= 0.6 is 0 Å². The molecule has 2 heterocycles. The van der Waals surface area contributed by atoms with Crippen molar-refractivity contribution in [1.82, 2.24) is 14.7 Å². The number of carbonyl (C=O) groups is 2. The van der Waals surface area contributed by atoms with Crippen LogP contribution in [0.15, 0.2) is 30.6 Å². The molecule has 1 aliphatic heterocycles. The first-order chi connectivity index (χ1) is 10.0. The number of aromatic nitrogens is 2. The fraction of sp³-hybridized carbons (Fsp3) is 0.214. The molecule has 0 aliphatic carbocycles. The second kappa shape index (κ2) is 4.93. The van der Waals surface area contributed by atoms with Crippen molar-refractivity contribution in [3.63, 3.8) is 0 Å². The van der Waals surface area contributed by atoms with Crippen LogP contribution in [0.2, 0.25) is 0 Å². The third-order valence-electron chi connectivity index (χ3n) is 3.42. The average molecular weight is 286 g/mol. The van der Waals surface area contributed by atoms with Crippen molar-refractivity contribution in [3.8, 4) is 0 Å². The van der Waals surface area contributed by atoms with Gasteiger partial charge in [-0.05, 0) is 23.3 Å². The van der Waals surface area contributed by atoms with Crippen LogP contribution in [0.4, 0.5) is 10.5 Å². The monoisotopic (exact) mass is 286 g/mol. The fourth-order valence-corrected chi connectivity index (χ4v) is 2.36. The van der Waals surface area contributed by atoms with Gasteiger partial charge in [0, 0.05) is 26.3 Å². The van der Waals surface area contributed by atoms with Crippen molar-refractivity contribution >= 4 is 17.7 Å². The van der Waals surface area contributed by atoms with Crippen LogP contribution in [-0.4, -0.2) is 31.8 Å². The summed E-state index contributed by atoms with van der Waals surface area (Å²) in [5, 5.41) is 15.7. The second-order valence-electron chi connectivity index (χ2n) is 4.98. The molecule has 2 aromatic rings. The Morgan fingerprint density at radius 3 is 2.71 bits per heavy atom. The molecule has 7 heteroatoms. The van der Waals surface area contributed by atoms with Gasteiger partial charge in [0.05, 0.1) is 17.4 Å². The van der Waals surface area contributed by atoms with Gasteiger partial charge in [-0.3, -0.25) is 4.68 Å². The summed E-state index contributed by atoms with van der Waals surface area (Å²) in [6, 6.07) is 4.71. The predicted octanol–water partition coefficient (Wildman–Crippen LogP) is 1.67. The molecule has 0 saturated carbocycles. The van der Waals surface area contributed by atoms with E-state index in [9.17, 15) is 9.59 Å². The van der Waals surface area contributed by atoms with Crippen molar-refractivity contribution in [2.24, 2.45) is 7.05 Å². The maximum atomic E-state index is 12.2. The van der Waals surface area contributed by atoms with Gasteiger partial charge in [0.25, 0.3) is 0 Å². The minimum absolute atomic E-state index is 0.226. The Morgan fingerprint density at radius 2 is 2.05 bits per heavy atom. The van der Waals surface area contributed by atoms with Gasteiger partial charge in [0.1, 0.15) is 0 Å². The van der Waals surface area contributed by atoms with Crippen LogP contribution in [0, 0.1) is 0 Å². The van der Waals surface area contributed by atoms with E-state index in [1.54, 1.807) is 47.2 Å². The number of carboxylic acid groups (broad SMARTS) is 1. The van der Waals surface area contributed by atoms with E-state index < -0.39 is 5.97 Å². The molecule has 108 valence electrons. The first kappa shape index (κ1) is 13.2. The van der Waals surface area contributed by atoms with E-state index in [1.807, 2.05) is 0 Å². The molecule has 2 N–H and O–H groups in total. The van der Waals surface area contributed by atoms with Gasteiger partial charge in [-0.2, -0.15) is 5.10 Å². The van der Waals surface area contributed by atoms with Gasteiger partial charge < -0.3 is 15.3 Å². The van der Waals surface area contributed by atoms with E-state index >= 15 is 0 Å². The quantitative estimate of drug-likeness (QED) is 0.879. The highest BCUT2D eigenvalue weighted by Crippen LogP contribution is 2.24. The van der Waals surface area contributed by atoms with E-state index in [1.165, 1.54) is 0 Å². The number of hydrogen-bond acceptors (Lipinski definition) is 3. The summed E-state index contributed by atoms with van der Waals surface area (Å²) in [5.74, 6) is -0.962. The lowest BCUT2D eigenvalue weighted by Crippen LogP contribution is -2.30. The van der Waals surface area contributed by atoms with Crippen LogP contribution in [0.3, 0.4) is 0 Å². The van der Waals surface area contributed by atoms with Gasteiger partial charge >= 0.3 is 12.0 Å². The van der Waals surface area contributed by atoms with E-state index in [0.717, 1.165) is 11.1 Å². The van der Waals surface area contributed by atoms with Crippen LogP contribution in [0.1, 0.15) is 21.5 Å². The minimum atomic E-state index is -0.962. The fourth-order valence-electron chi connectivity index (χ4n) is 2.36. The molecule has 0 fully saturated rings. The molecule has 1 aliphatic rings. The maximum absolute atomic E-state index is 12.2. The van der Waals surface area contributed by atoms with Crippen LogP contribution in [0.25, 0.3) is 0 Å². The molecule has 0 saturated heterocycles. The molecular formula is C14H14N4O3. The number of amides is 2. The normalized spacial score (nSPS) is 13.1. The van der Waals surface area contributed by atoms with Crippen LogP contribution < -0.4 is 5.32 Å². The lowest BCUT2D eigenvalue weighted by molar-refractivity contribution is 0.0696. The molecule has 0 spiro atoms. The lowest BCUT2D eigenvalue weighted by Gasteiger charge is -2.15. The van der Waals surface area contributed by atoms with Crippen molar-refractivity contribution in [2.75, 3.05) is 5.32 Å². The zero-order chi connectivity index (χ0) is 15.0. The highest BCUT2D eigenvalue weighted by molar-refractivity contribution is 5.90. The smallest absolute Gasteiger partial charge is 0.335 e. The summed E-state index contributed by atoms with van der Waals surface area (Å²) >= 11 is 0. The molecule has 0 unspecified atom stereocenters. The molecule has 1 aromatic heterocycles. The standard InChI is InChI=1S/C14H14N4O3/c1-17-8-12(5-15-17)16-14(21)18-6-10-3-2-9(13(19)20)4-11(10)7-18/h2-5,8H,6-7H2,1H3,(H,16,21)(H,19,20). The zero-order valence-electron chi connectivity index (χ0n) is 11.4. The van der Waals surface area contributed by atoms with Gasteiger partial charge in [-0.25, -0.2) is 9.59 Å². The third kappa shape index (κ3) is 2.58. The summed E-state index contributed by atoms with van der Waals surface area (Å²) in [5.41, 5.74) is 2.71. The highest BCUT2D eigenvalue weighted by atomic mass is 16.4. The minimum Gasteiger partial charge on any atom is -0.478 e. The largest absolute Gasteiger partial charge is 0.478 e. The number of benzene rings is 1. The van der Waals surface area contributed by atoms with Crippen molar-refractivity contribution in [2.45, 2.75) is 13.1 Å². The number of carboxylic acids is 1. The van der Waals surface area contributed by atoms with Crippen molar-refractivity contribution < 1.29 is 14.7 Å². The first-order valence-electron chi connectivity index (χ1n) is 6.42. The number of nitrogens with zero attached hydrogens (tertiary/aromatic N) is 3. The number of carbonyl (C=O) groups excluding carboxylic acids is 1. The van der Waals surface area contributed by atoms with Gasteiger partial charge in [0.15, 0.2) is 0 Å². The molecule has 0 bridgehead atoms. The number of aromatic carboxylic acids is 1. The summed E-state index contributed by atoms with van der Waals surface area (Å²) in [6.45, 7) is 0.879. The zero-order valence-corrected chi connectivity index (χ0v) is 11.4. The number of aryl methyl sites for hydroxylation is 1. The summed E-state index contributed by atoms with van der Waals surface area (Å²) in [7, 11) is 1.77. The summed E-state index contributed by atoms with van der Waals surface area (Å²) < 4.78 is 1.60. The van der Waals surface area contributed by atoms with E-state index in [4.69, 9.17) is 5.11 Å². The number of anilines is 1. The molecule has 21 heavy (non-hydrogen) atoms. The highest BCUT2D eigenvalue weighted by Gasteiger charge is 2.24. The van der Waals surface area contributed by atoms with Gasteiger partial charge in [-0.1, -0.05) is 6.07 Å². The SMILES string of the molecule is Cn1cc(NC(=O)N2Cc3ccc(C(=O)O)cc3C2)cn1. The number of hydrogen-bond donors (Lipinski definition) is 2. The molecule has 2 amide bonds. The summed E-state index contributed by atoms with van der Waals surface area (Å²) in [4.78, 5) is 24.8. The molecular weight excluding hydrogens is 272 g/mol. The van der Waals surface area contributed by atoms with Gasteiger partial charge in [0.2, 0.25) is 0 Å². The number of nitrogens with one attached hydrogen (secondary N) is 1. The van der Waals surface area contributed by atoms with Crippen LogP contribution in [0.5, 0.6) is 0 Å². The Labute approximate surface area is 120 Å². The Balaban J connectivity index is 1.72. The second-order valence-corrected chi connectivity index (χ2v) is 4.98. The molecule has 0 atom stereocenters. The Kier molecular flexibility index (Phi) is 3.09. The van der Waals surface area contributed by atoms with E-state index in [-0.39, 0.29) is 11.6 Å². The summed E-state index contributed by atoms with van der Waals surface area (Å²) in [6.07, 6.45) is 3.29. The molecule has 3 rings (SSSR count).